The summed E-state index contributed by atoms with van der Waals surface area (Å²) >= 11 is 0. The topological polar surface area (TPSA) is 55.4 Å². The number of hydrogen-bond donors (Lipinski definition) is 1. The smallest absolute Gasteiger partial charge is 0.329 e. The van der Waals surface area contributed by atoms with Crippen LogP contribution in [-0.4, -0.2) is 24.5 Å². The van der Waals surface area contributed by atoms with Gasteiger partial charge in [-0.2, -0.15) is 0 Å². The lowest BCUT2D eigenvalue weighted by molar-refractivity contribution is -0.146. The fourth-order valence-corrected chi connectivity index (χ4v) is 2.19. The SMILES string of the molecule is CCOC(=O)C1NC(=O)CC1c1cc(F)ccc1F. The predicted octanol–water partition coefficient (Wildman–Crippen LogP) is 1.50. The van der Waals surface area contributed by atoms with Crippen LogP contribution in [0.4, 0.5) is 8.78 Å². The molecule has 19 heavy (non-hydrogen) atoms. The van der Waals surface area contributed by atoms with E-state index in [1.165, 1.54) is 0 Å². The summed E-state index contributed by atoms with van der Waals surface area (Å²) in [5, 5.41) is 2.43. The number of ether oxygens (including phenoxy) is 1. The van der Waals surface area contributed by atoms with Gasteiger partial charge in [-0.15, -0.1) is 0 Å². The van der Waals surface area contributed by atoms with Crippen LogP contribution in [0.3, 0.4) is 0 Å². The molecule has 1 N–H and O–H groups in total. The molecule has 1 aliphatic rings. The first-order valence-corrected chi connectivity index (χ1v) is 5.94. The monoisotopic (exact) mass is 269 g/mol. The van der Waals surface area contributed by atoms with E-state index < -0.39 is 29.6 Å². The van der Waals surface area contributed by atoms with Crippen LogP contribution < -0.4 is 5.32 Å². The molecule has 102 valence electrons. The first kappa shape index (κ1) is 13.5. The molecule has 1 saturated heterocycles. The second-order valence-corrected chi connectivity index (χ2v) is 4.27. The molecule has 1 heterocycles. The first-order valence-electron chi connectivity index (χ1n) is 5.94. The number of halogens is 2. The average molecular weight is 269 g/mol. The Bertz CT molecular complexity index is 519. The number of benzene rings is 1. The molecule has 1 aliphatic heterocycles. The van der Waals surface area contributed by atoms with Crippen molar-refractivity contribution in [1.82, 2.24) is 5.32 Å². The van der Waals surface area contributed by atoms with Gasteiger partial charge in [0.2, 0.25) is 5.91 Å². The zero-order valence-corrected chi connectivity index (χ0v) is 10.3. The Hall–Kier alpha value is -1.98. The van der Waals surface area contributed by atoms with Crippen molar-refractivity contribution < 1.29 is 23.1 Å². The van der Waals surface area contributed by atoms with Crippen molar-refractivity contribution in [3.05, 3.63) is 35.4 Å². The molecule has 1 amide bonds. The number of hydrogen-bond acceptors (Lipinski definition) is 3. The minimum atomic E-state index is -0.969. The van der Waals surface area contributed by atoms with Gasteiger partial charge in [-0.05, 0) is 30.7 Å². The summed E-state index contributed by atoms with van der Waals surface area (Å²) in [6.45, 7) is 1.79. The van der Waals surface area contributed by atoms with Crippen molar-refractivity contribution in [3.8, 4) is 0 Å². The van der Waals surface area contributed by atoms with E-state index in [4.69, 9.17) is 4.74 Å². The van der Waals surface area contributed by atoms with E-state index in [2.05, 4.69) is 5.32 Å². The molecule has 0 radical (unpaired) electrons. The highest BCUT2D eigenvalue weighted by molar-refractivity contribution is 5.90. The largest absolute Gasteiger partial charge is 0.464 e. The van der Waals surface area contributed by atoms with Gasteiger partial charge in [0.1, 0.15) is 17.7 Å². The van der Waals surface area contributed by atoms with Gasteiger partial charge >= 0.3 is 5.97 Å². The molecule has 6 heteroatoms. The molecular formula is C13H13F2NO3. The van der Waals surface area contributed by atoms with Crippen molar-refractivity contribution in [3.63, 3.8) is 0 Å². The van der Waals surface area contributed by atoms with Crippen LogP contribution in [0.2, 0.25) is 0 Å². The third kappa shape index (κ3) is 2.72. The molecule has 1 aromatic carbocycles. The van der Waals surface area contributed by atoms with Crippen molar-refractivity contribution >= 4 is 11.9 Å². The molecule has 0 bridgehead atoms. The highest BCUT2D eigenvalue weighted by Gasteiger charge is 2.40. The van der Waals surface area contributed by atoms with Gasteiger partial charge in [0.25, 0.3) is 0 Å². The zero-order valence-electron chi connectivity index (χ0n) is 10.3. The van der Waals surface area contributed by atoms with Gasteiger partial charge in [-0.25, -0.2) is 13.6 Å². The summed E-state index contributed by atoms with van der Waals surface area (Å²) in [4.78, 5) is 23.1. The van der Waals surface area contributed by atoms with Crippen LogP contribution in [0.25, 0.3) is 0 Å². The Kier molecular flexibility index (Phi) is 3.78. The van der Waals surface area contributed by atoms with Crippen molar-refractivity contribution in [1.29, 1.82) is 0 Å². The Morgan fingerprint density at radius 1 is 1.47 bits per heavy atom. The molecule has 2 unspecified atom stereocenters. The van der Waals surface area contributed by atoms with E-state index >= 15 is 0 Å². The molecule has 0 spiro atoms. The quantitative estimate of drug-likeness (QED) is 0.846. The average Bonchev–Trinajstić information content (AvgIpc) is 2.75. The Balaban J connectivity index is 2.33. The van der Waals surface area contributed by atoms with Crippen LogP contribution in [0.5, 0.6) is 0 Å². The van der Waals surface area contributed by atoms with Crippen molar-refractivity contribution in [2.24, 2.45) is 0 Å². The molecule has 0 saturated carbocycles. The third-order valence-electron chi connectivity index (χ3n) is 3.02. The lowest BCUT2D eigenvalue weighted by atomic mass is 9.91. The fourth-order valence-electron chi connectivity index (χ4n) is 2.19. The third-order valence-corrected chi connectivity index (χ3v) is 3.02. The maximum absolute atomic E-state index is 13.7. The molecule has 1 fully saturated rings. The summed E-state index contributed by atoms with van der Waals surface area (Å²) in [7, 11) is 0. The van der Waals surface area contributed by atoms with Crippen molar-refractivity contribution in [2.75, 3.05) is 6.61 Å². The number of rotatable bonds is 3. The van der Waals surface area contributed by atoms with Gasteiger partial charge < -0.3 is 10.1 Å². The minimum Gasteiger partial charge on any atom is -0.464 e. The normalized spacial score (nSPS) is 22.2. The lowest BCUT2D eigenvalue weighted by Crippen LogP contribution is -2.37. The molecular weight excluding hydrogens is 256 g/mol. The Morgan fingerprint density at radius 3 is 2.89 bits per heavy atom. The fraction of sp³-hybridized carbons (Fsp3) is 0.385. The van der Waals surface area contributed by atoms with E-state index in [0.717, 1.165) is 18.2 Å². The van der Waals surface area contributed by atoms with Crippen LogP contribution in [-0.2, 0) is 14.3 Å². The first-order chi connectivity index (χ1) is 9.02. The van der Waals surface area contributed by atoms with Gasteiger partial charge in [-0.3, -0.25) is 4.79 Å². The summed E-state index contributed by atoms with van der Waals surface area (Å²) in [6, 6.07) is 2.01. The predicted molar refractivity (Wildman–Crippen MR) is 62.3 cm³/mol. The number of nitrogens with one attached hydrogen (secondary N) is 1. The lowest BCUT2D eigenvalue weighted by Gasteiger charge is -2.18. The maximum atomic E-state index is 13.7. The van der Waals surface area contributed by atoms with Gasteiger partial charge in [0.05, 0.1) is 6.61 Å². The van der Waals surface area contributed by atoms with Gasteiger partial charge in [-0.1, -0.05) is 0 Å². The second-order valence-electron chi connectivity index (χ2n) is 4.27. The van der Waals surface area contributed by atoms with E-state index in [-0.39, 0.29) is 24.5 Å². The van der Waals surface area contributed by atoms with Crippen LogP contribution >= 0.6 is 0 Å². The number of esters is 1. The maximum Gasteiger partial charge on any atom is 0.329 e. The van der Waals surface area contributed by atoms with Gasteiger partial charge in [0, 0.05) is 12.3 Å². The minimum absolute atomic E-state index is 0.0106. The van der Waals surface area contributed by atoms with Crippen molar-refractivity contribution in [2.45, 2.75) is 25.3 Å². The molecule has 4 nitrogen and oxygen atoms in total. The van der Waals surface area contributed by atoms with E-state index in [0.29, 0.717) is 0 Å². The summed E-state index contributed by atoms with van der Waals surface area (Å²) in [5.41, 5.74) is 0.0106. The number of carbonyl (C=O) groups is 2. The summed E-state index contributed by atoms with van der Waals surface area (Å²) in [6.07, 6.45) is -0.0656. The van der Waals surface area contributed by atoms with Crippen LogP contribution in [0.1, 0.15) is 24.8 Å². The van der Waals surface area contributed by atoms with Crippen LogP contribution in [0.15, 0.2) is 18.2 Å². The zero-order chi connectivity index (χ0) is 14.0. The highest BCUT2D eigenvalue weighted by Crippen LogP contribution is 2.31. The summed E-state index contributed by atoms with van der Waals surface area (Å²) < 4.78 is 31.7. The molecule has 1 aromatic rings. The number of amides is 1. The second kappa shape index (κ2) is 5.34. The Morgan fingerprint density at radius 2 is 2.21 bits per heavy atom. The molecule has 2 rings (SSSR count). The van der Waals surface area contributed by atoms with E-state index in [9.17, 15) is 18.4 Å². The summed E-state index contributed by atoms with van der Waals surface area (Å²) in [5.74, 6) is -3.02. The van der Waals surface area contributed by atoms with Crippen LogP contribution in [0, 0.1) is 11.6 Å². The molecule has 0 aromatic heterocycles. The van der Waals surface area contributed by atoms with E-state index in [1.807, 2.05) is 0 Å². The van der Waals surface area contributed by atoms with E-state index in [1.54, 1.807) is 6.92 Å². The molecule has 0 aliphatic carbocycles. The molecule has 2 atom stereocenters. The highest BCUT2D eigenvalue weighted by atomic mass is 19.1. The Labute approximate surface area is 108 Å². The van der Waals surface area contributed by atoms with Gasteiger partial charge in [0.15, 0.2) is 0 Å². The standard InChI is InChI=1S/C13H13F2NO3/c1-2-19-13(18)12-9(6-11(17)16-12)8-5-7(14)3-4-10(8)15/h3-5,9,12H,2,6H2,1H3,(H,16,17). The number of carbonyl (C=O) groups excluding carboxylic acids is 2.